The summed E-state index contributed by atoms with van der Waals surface area (Å²) in [6.45, 7) is 1.29. The number of anilines is 1. The van der Waals surface area contributed by atoms with Crippen LogP contribution in [0, 0.1) is 0 Å². The second kappa shape index (κ2) is 5.32. The summed E-state index contributed by atoms with van der Waals surface area (Å²) in [4.78, 5) is 0. The van der Waals surface area contributed by atoms with Crippen LogP contribution in [0.25, 0.3) is 0 Å². The van der Waals surface area contributed by atoms with E-state index in [1.54, 1.807) is 0 Å². The van der Waals surface area contributed by atoms with Gasteiger partial charge in [0.15, 0.2) is 0 Å². The molecule has 2 nitrogen and oxygen atoms in total. The number of halogens is 5. The predicted molar refractivity (Wildman–Crippen MR) is 61.3 cm³/mol. The molecule has 0 saturated carbocycles. The molecule has 1 saturated heterocycles. The van der Waals surface area contributed by atoms with Gasteiger partial charge in [-0.15, -0.1) is 0 Å². The summed E-state index contributed by atoms with van der Waals surface area (Å²) in [6, 6.07) is 2.49. The molecule has 0 aliphatic carbocycles. The molecule has 0 spiro atoms. The molecule has 1 atom stereocenters. The van der Waals surface area contributed by atoms with Crippen molar-refractivity contribution >= 4 is 5.69 Å². The van der Waals surface area contributed by atoms with Crippen LogP contribution in [0.2, 0.25) is 0 Å². The van der Waals surface area contributed by atoms with E-state index < -0.39 is 23.7 Å². The molecule has 1 unspecified atom stereocenters. The fourth-order valence-corrected chi connectivity index (χ4v) is 2.06. The first-order valence-corrected chi connectivity index (χ1v) is 5.84. The molecule has 1 fully saturated rings. The summed E-state index contributed by atoms with van der Waals surface area (Å²) in [5.41, 5.74) is -1.81. The zero-order valence-corrected chi connectivity index (χ0v) is 9.90. The lowest BCUT2D eigenvalue weighted by Gasteiger charge is -2.19. The molecular weight excluding hydrogens is 267 g/mol. The first kappa shape index (κ1) is 14.0. The first-order chi connectivity index (χ1) is 8.88. The molecule has 1 heterocycles. The fraction of sp³-hybridized carbons (Fsp3) is 0.500. The lowest BCUT2D eigenvalue weighted by molar-refractivity contribution is -0.137. The summed E-state index contributed by atoms with van der Waals surface area (Å²) in [6.07, 6.45) is -6.86. The maximum Gasteiger partial charge on any atom is 0.418 e. The average molecular weight is 280 g/mol. The van der Waals surface area contributed by atoms with Crippen molar-refractivity contribution in [2.24, 2.45) is 0 Å². The van der Waals surface area contributed by atoms with Crippen molar-refractivity contribution in [3.05, 3.63) is 29.3 Å². The third-order valence-electron chi connectivity index (χ3n) is 3.02. The minimum atomic E-state index is -4.65. The SMILES string of the molecule is FC(F)c1ccc(NC2CCNC2)c(C(F)(F)F)c1. The van der Waals surface area contributed by atoms with Crippen molar-refractivity contribution in [1.82, 2.24) is 5.32 Å². The van der Waals surface area contributed by atoms with E-state index in [1.165, 1.54) is 0 Å². The highest BCUT2D eigenvalue weighted by Crippen LogP contribution is 2.37. The van der Waals surface area contributed by atoms with Crippen LogP contribution >= 0.6 is 0 Å². The van der Waals surface area contributed by atoms with E-state index in [0.717, 1.165) is 18.7 Å². The van der Waals surface area contributed by atoms with Gasteiger partial charge in [0.2, 0.25) is 0 Å². The van der Waals surface area contributed by atoms with Gasteiger partial charge in [-0.1, -0.05) is 6.07 Å². The van der Waals surface area contributed by atoms with Crippen LogP contribution in [-0.4, -0.2) is 19.1 Å². The number of nitrogens with one attached hydrogen (secondary N) is 2. The molecule has 1 aromatic rings. The van der Waals surface area contributed by atoms with Crippen molar-refractivity contribution < 1.29 is 22.0 Å². The Bertz CT molecular complexity index is 438. The van der Waals surface area contributed by atoms with Crippen molar-refractivity contribution in [1.29, 1.82) is 0 Å². The van der Waals surface area contributed by atoms with E-state index in [-0.39, 0.29) is 11.7 Å². The maximum absolute atomic E-state index is 12.9. The van der Waals surface area contributed by atoms with Crippen LogP contribution in [0.15, 0.2) is 18.2 Å². The van der Waals surface area contributed by atoms with Crippen LogP contribution in [0.5, 0.6) is 0 Å². The monoisotopic (exact) mass is 280 g/mol. The number of alkyl halides is 5. The Morgan fingerprint density at radius 3 is 2.53 bits per heavy atom. The molecule has 106 valence electrons. The Morgan fingerprint density at radius 2 is 2.00 bits per heavy atom. The third kappa shape index (κ3) is 3.34. The molecule has 2 rings (SSSR count). The Morgan fingerprint density at radius 1 is 1.26 bits per heavy atom. The molecule has 1 aliphatic heterocycles. The third-order valence-corrected chi connectivity index (χ3v) is 3.02. The highest BCUT2D eigenvalue weighted by Gasteiger charge is 2.35. The van der Waals surface area contributed by atoms with Gasteiger partial charge in [-0.05, 0) is 25.1 Å². The molecule has 1 aliphatic rings. The van der Waals surface area contributed by atoms with Gasteiger partial charge in [-0.2, -0.15) is 13.2 Å². The van der Waals surface area contributed by atoms with Crippen molar-refractivity contribution in [3.8, 4) is 0 Å². The van der Waals surface area contributed by atoms with E-state index in [1.807, 2.05) is 0 Å². The Hall–Kier alpha value is -1.37. The molecule has 0 aromatic heterocycles. The second-order valence-electron chi connectivity index (χ2n) is 4.44. The van der Waals surface area contributed by atoms with Crippen molar-refractivity contribution in [2.75, 3.05) is 18.4 Å². The lowest BCUT2D eigenvalue weighted by atomic mass is 10.1. The summed E-state index contributed by atoms with van der Waals surface area (Å²) >= 11 is 0. The number of hydrogen-bond acceptors (Lipinski definition) is 2. The highest BCUT2D eigenvalue weighted by molar-refractivity contribution is 5.55. The molecule has 2 N–H and O–H groups in total. The fourth-order valence-electron chi connectivity index (χ4n) is 2.06. The Labute approximate surface area is 107 Å². The largest absolute Gasteiger partial charge is 0.418 e. The van der Waals surface area contributed by atoms with Crippen LogP contribution in [-0.2, 0) is 6.18 Å². The summed E-state index contributed by atoms with van der Waals surface area (Å²) in [7, 11) is 0. The summed E-state index contributed by atoms with van der Waals surface area (Å²) < 4.78 is 63.5. The van der Waals surface area contributed by atoms with Gasteiger partial charge in [0.25, 0.3) is 6.43 Å². The smallest absolute Gasteiger partial charge is 0.380 e. The first-order valence-electron chi connectivity index (χ1n) is 5.84. The normalized spacial score (nSPS) is 20.0. The van der Waals surface area contributed by atoms with Gasteiger partial charge in [0.05, 0.1) is 5.56 Å². The van der Waals surface area contributed by atoms with E-state index >= 15 is 0 Å². The quantitative estimate of drug-likeness (QED) is 0.829. The van der Waals surface area contributed by atoms with Crippen LogP contribution in [0.4, 0.5) is 27.6 Å². The highest BCUT2D eigenvalue weighted by atomic mass is 19.4. The zero-order chi connectivity index (χ0) is 14.0. The predicted octanol–water partition coefficient (Wildman–Crippen LogP) is 3.42. The molecule has 19 heavy (non-hydrogen) atoms. The number of rotatable bonds is 3. The van der Waals surface area contributed by atoms with E-state index in [0.29, 0.717) is 19.0 Å². The minimum Gasteiger partial charge on any atom is -0.380 e. The van der Waals surface area contributed by atoms with Gasteiger partial charge in [0.1, 0.15) is 0 Å². The van der Waals surface area contributed by atoms with Crippen LogP contribution in [0.1, 0.15) is 24.0 Å². The summed E-state index contributed by atoms with van der Waals surface area (Å²) in [5, 5.41) is 5.77. The van der Waals surface area contributed by atoms with E-state index in [4.69, 9.17) is 0 Å². The Balaban J connectivity index is 2.30. The van der Waals surface area contributed by atoms with Gasteiger partial charge in [-0.3, -0.25) is 0 Å². The topological polar surface area (TPSA) is 24.1 Å². The molecule has 0 radical (unpaired) electrons. The minimum absolute atomic E-state index is 0.113. The number of benzene rings is 1. The molecule has 1 aromatic carbocycles. The van der Waals surface area contributed by atoms with Crippen molar-refractivity contribution in [3.63, 3.8) is 0 Å². The molecular formula is C12H13F5N2. The van der Waals surface area contributed by atoms with Crippen LogP contribution < -0.4 is 10.6 Å². The van der Waals surface area contributed by atoms with Crippen LogP contribution in [0.3, 0.4) is 0 Å². The summed E-state index contributed by atoms with van der Waals surface area (Å²) in [5.74, 6) is 0. The number of hydrogen-bond donors (Lipinski definition) is 2. The van der Waals surface area contributed by atoms with Gasteiger partial charge >= 0.3 is 6.18 Å². The van der Waals surface area contributed by atoms with E-state index in [2.05, 4.69) is 10.6 Å². The van der Waals surface area contributed by atoms with Gasteiger partial charge < -0.3 is 10.6 Å². The Kier molecular flexibility index (Phi) is 3.93. The van der Waals surface area contributed by atoms with Gasteiger partial charge in [0, 0.05) is 23.8 Å². The average Bonchev–Trinajstić information content (AvgIpc) is 2.80. The van der Waals surface area contributed by atoms with Gasteiger partial charge in [-0.25, -0.2) is 8.78 Å². The zero-order valence-electron chi connectivity index (χ0n) is 9.90. The van der Waals surface area contributed by atoms with Crippen molar-refractivity contribution in [2.45, 2.75) is 25.1 Å². The molecule has 7 heteroatoms. The van der Waals surface area contributed by atoms with E-state index in [9.17, 15) is 22.0 Å². The maximum atomic E-state index is 12.9. The molecule has 0 bridgehead atoms. The lowest BCUT2D eigenvalue weighted by Crippen LogP contribution is -2.24. The molecule has 0 amide bonds. The standard InChI is InChI=1S/C12H13F5N2/c13-11(14)7-1-2-10(9(5-7)12(15,16)17)19-8-3-4-18-6-8/h1-2,5,8,11,18-19H,3-4,6H2. The second-order valence-corrected chi connectivity index (χ2v) is 4.44.